The molecule has 21 valence electrons. The van der Waals surface area contributed by atoms with E-state index in [1.165, 1.54) is 0 Å². The smallest absolute Gasteiger partial charge is 0 e. The van der Waals surface area contributed by atoms with E-state index in [4.69, 9.17) is 0 Å². The van der Waals surface area contributed by atoms with Crippen molar-refractivity contribution in [1.29, 1.82) is 0 Å². The molecule has 0 aliphatic carbocycles. The molecule has 0 atom stereocenters. The topological polar surface area (TPSA) is 61.5 Å². The average Bonchev–Trinajstić information content (AvgIpc) is 0. The van der Waals surface area contributed by atoms with Crippen LogP contribution in [0.3, 0.4) is 0 Å². The molecule has 0 heterocycles. The van der Waals surface area contributed by atoms with E-state index < -0.39 is 0 Å². The minimum absolute atomic E-state index is 0. The summed E-state index contributed by atoms with van der Waals surface area (Å²) < 4.78 is 0. The SMILES string of the molecule is O.[Ge].[K].[OH-]. The summed E-state index contributed by atoms with van der Waals surface area (Å²) in [5, 5.41) is 0. The molecule has 0 aliphatic heterocycles. The maximum Gasteiger partial charge on any atom is 0 e. The van der Waals surface area contributed by atoms with Gasteiger partial charge in [0.2, 0.25) is 0 Å². The van der Waals surface area contributed by atoms with Crippen molar-refractivity contribution in [2.24, 2.45) is 0 Å². The molecule has 0 saturated carbocycles. The molecule has 2 nitrogen and oxygen atoms in total. The van der Waals surface area contributed by atoms with Gasteiger partial charge < -0.3 is 11.0 Å². The molecular weight excluding hydrogens is 144 g/mol. The largest absolute Gasteiger partial charge is 0.870 e. The molecule has 0 aromatic carbocycles. The Kier molecular flexibility index (Phi) is 175. The van der Waals surface area contributed by atoms with Crippen LogP contribution in [0, 0.1) is 0 Å². The second kappa shape index (κ2) is 19.4. The zero-order valence-electron chi connectivity index (χ0n) is 2.45. The second-order valence-electron chi connectivity index (χ2n) is 0. The Hall–Kier alpha value is 2.10. The molecule has 0 rings (SSSR count). The minimum Gasteiger partial charge on any atom is -0.870 e. The van der Waals surface area contributed by atoms with Crippen molar-refractivity contribution < 1.29 is 11.0 Å². The van der Waals surface area contributed by atoms with E-state index in [0.29, 0.717) is 0 Å². The summed E-state index contributed by atoms with van der Waals surface area (Å²) in [7, 11) is 0. The van der Waals surface area contributed by atoms with Gasteiger partial charge in [0.1, 0.15) is 0 Å². The number of rotatable bonds is 0. The summed E-state index contributed by atoms with van der Waals surface area (Å²) in [6.07, 6.45) is 0. The number of hydrogen-bond acceptors (Lipinski definition) is 1. The van der Waals surface area contributed by atoms with Crippen LogP contribution in [0.15, 0.2) is 0 Å². The van der Waals surface area contributed by atoms with E-state index >= 15 is 0 Å². The van der Waals surface area contributed by atoms with E-state index in [2.05, 4.69) is 0 Å². The maximum atomic E-state index is 0. The van der Waals surface area contributed by atoms with E-state index in [9.17, 15) is 0 Å². The molecule has 0 aromatic heterocycles. The summed E-state index contributed by atoms with van der Waals surface area (Å²) in [6, 6.07) is 0. The van der Waals surface area contributed by atoms with Crippen molar-refractivity contribution >= 4 is 69.0 Å². The van der Waals surface area contributed by atoms with Gasteiger partial charge in [-0.05, 0) is 0 Å². The molecule has 0 saturated heterocycles. The Balaban J connectivity index is 0. The first-order valence-corrected chi connectivity index (χ1v) is 0. The normalized spacial score (nSPS) is 0. The van der Waals surface area contributed by atoms with Gasteiger partial charge in [0.05, 0.1) is 0 Å². The molecule has 4 heteroatoms. The van der Waals surface area contributed by atoms with Crippen LogP contribution >= 0.6 is 0 Å². The van der Waals surface area contributed by atoms with Crippen molar-refractivity contribution in [3.05, 3.63) is 0 Å². The van der Waals surface area contributed by atoms with Gasteiger partial charge in [0, 0.05) is 69.0 Å². The molecule has 4 heavy (non-hydrogen) atoms. The third-order valence-electron chi connectivity index (χ3n) is 0. The molecule has 0 unspecified atom stereocenters. The molecule has 0 bridgehead atoms. The van der Waals surface area contributed by atoms with E-state index in [0.717, 1.165) is 0 Å². The zero-order valence-corrected chi connectivity index (χ0v) is 7.67. The quantitative estimate of drug-likeness (QED) is 0.374. The van der Waals surface area contributed by atoms with Crippen LogP contribution in [-0.4, -0.2) is 79.9 Å². The van der Waals surface area contributed by atoms with Crippen LogP contribution < -0.4 is 0 Å². The molecule has 5 radical (unpaired) electrons. The predicted molar refractivity (Wildman–Crippen MR) is 17.1 cm³/mol. The van der Waals surface area contributed by atoms with Crippen LogP contribution in [0.2, 0.25) is 0 Å². The standard InChI is InChI=1S/Ge.K.2H2O/h;;2*1H2/p-1. The summed E-state index contributed by atoms with van der Waals surface area (Å²) in [4.78, 5) is 0. The van der Waals surface area contributed by atoms with Gasteiger partial charge in [-0.3, -0.25) is 0 Å². The Labute approximate surface area is 78.4 Å². The average molecular weight is 147 g/mol. The van der Waals surface area contributed by atoms with Crippen molar-refractivity contribution in [2.75, 3.05) is 0 Å². The number of hydrogen-bond donors (Lipinski definition) is 0. The van der Waals surface area contributed by atoms with Crippen molar-refractivity contribution in [3.8, 4) is 0 Å². The van der Waals surface area contributed by atoms with Gasteiger partial charge in [0.15, 0.2) is 0 Å². The van der Waals surface area contributed by atoms with E-state index in [-0.39, 0.29) is 79.9 Å². The Morgan fingerprint density at radius 2 is 1.00 bits per heavy atom. The summed E-state index contributed by atoms with van der Waals surface area (Å²) in [6.45, 7) is 0. The van der Waals surface area contributed by atoms with Crippen molar-refractivity contribution in [3.63, 3.8) is 0 Å². The minimum atomic E-state index is 0. The van der Waals surface area contributed by atoms with Crippen LogP contribution in [0.4, 0.5) is 0 Å². The van der Waals surface area contributed by atoms with Crippen LogP contribution in [0.25, 0.3) is 0 Å². The van der Waals surface area contributed by atoms with Gasteiger partial charge in [-0.1, -0.05) is 0 Å². The molecule has 0 aromatic rings. The maximum absolute atomic E-state index is 0. The molecule has 0 fully saturated rings. The summed E-state index contributed by atoms with van der Waals surface area (Å²) in [5.41, 5.74) is 0. The fourth-order valence-electron chi connectivity index (χ4n) is 0. The Bertz CT molecular complexity index is 6.00. The van der Waals surface area contributed by atoms with Gasteiger partial charge in [-0.25, -0.2) is 0 Å². The molecule has 0 spiro atoms. The first-order valence-electron chi connectivity index (χ1n) is 0. The molecule has 0 aliphatic rings. The Morgan fingerprint density at radius 3 is 1.00 bits per heavy atom. The molecular formula is H3GeKO2-. The van der Waals surface area contributed by atoms with E-state index in [1.807, 2.05) is 0 Å². The van der Waals surface area contributed by atoms with Gasteiger partial charge in [-0.15, -0.1) is 0 Å². The third-order valence-corrected chi connectivity index (χ3v) is 0. The van der Waals surface area contributed by atoms with Crippen molar-refractivity contribution in [1.82, 2.24) is 0 Å². The fourth-order valence-corrected chi connectivity index (χ4v) is 0. The zero-order chi connectivity index (χ0) is 0. The summed E-state index contributed by atoms with van der Waals surface area (Å²) >= 11 is 0. The predicted octanol–water partition coefficient (Wildman–Crippen LogP) is -1.76. The van der Waals surface area contributed by atoms with Crippen molar-refractivity contribution in [2.45, 2.75) is 0 Å². The van der Waals surface area contributed by atoms with Crippen LogP contribution in [0.1, 0.15) is 0 Å². The van der Waals surface area contributed by atoms with Gasteiger partial charge in [0.25, 0.3) is 0 Å². The molecule has 0 amide bonds. The monoisotopic (exact) mass is 148 g/mol. The first kappa shape index (κ1) is 36.0. The summed E-state index contributed by atoms with van der Waals surface area (Å²) in [5.74, 6) is 0. The fraction of sp³-hybridized carbons (Fsp3) is 0. The van der Waals surface area contributed by atoms with E-state index in [1.54, 1.807) is 0 Å². The second-order valence-corrected chi connectivity index (χ2v) is 0. The first-order chi connectivity index (χ1) is 0. The van der Waals surface area contributed by atoms with Gasteiger partial charge >= 0.3 is 0 Å². The van der Waals surface area contributed by atoms with Crippen LogP contribution in [-0.2, 0) is 0 Å². The van der Waals surface area contributed by atoms with Gasteiger partial charge in [-0.2, -0.15) is 0 Å². The molecule has 3 N–H and O–H groups in total. The third kappa shape index (κ3) is 8.93. The Morgan fingerprint density at radius 1 is 1.00 bits per heavy atom. The van der Waals surface area contributed by atoms with Crippen LogP contribution in [0.5, 0.6) is 0 Å².